The number of amides is 1. The van der Waals surface area contributed by atoms with Crippen LogP contribution >= 0.6 is 23.4 Å². The molecule has 0 bridgehead atoms. The number of carbonyl (C=O) groups excluding carboxylic acids is 1. The van der Waals surface area contributed by atoms with E-state index in [-0.39, 0.29) is 25.2 Å². The van der Waals surface area contributed by atoms with Gasteiger partial charge in [0.1, 0.15) is 6.61 Å². The second-order valence-corrected chi connectivity index (χ2v) is 7.89. The molecule has 1 fully saturated rings. The fraction of sp³-hybridized carbons (Fsp3) is 0.474. The van der Waals surface area contributed by atoms with Gasteiger partial charge in [-0.05, 0) is 29.9 Å². The highest BCUT2D eigenvalue weighted by molar-refractivity contribution is 7.99. The number of ether oxygens (including phenoxy) is 1. The summed E-state index contributed by atoms with van der Waals surface area (Å²) in [6, 6.07) is 7.14. The van der Waals surface area contributed by atoms with Crippen molar-refractivity contribution in [1.29, 1.82) is 0 Å². The molecule has 1 amide bonds. The average Bonchev–Trinajstić information content (AvgIpc) is 2.96. The zero-order chi connectivity index (χ0) is 19.6. The summed E-state index contributed by atoms with van der Waals surface area (Å²) in [6.07, 6.45) is 3.66. The molecule has 0 aliphatic carbocycles. The second-order valence-electron chi connectivity index (χ2n) is 6.23. The quantitative estimate of drug-likeness (QED) is 0.428. The van der Waals surface area contributed by atoms with E-state index in [9.17, 15) is 14.7 Å². The Balaban J connectivity index is 1.77. The summed E-state index contributed by atoms with van der Waals surface area (Å²) in [5.41, 5.74) is 0.938. The van der Waals surface area contributed by atoms with Gasteiger partial charge >= 0.3 is 12.1 Å². The Kier molecular flexibility index (Phi) is 8.97. The molecule has 0 unspecified atom stereocenters. The minimum absolute atomic E-state index is 0.161. The topological polar surface area (TPSA) is 87.1 Å². The van der Waals surface area contributed by atoms with Crippen molar-refractivity contribution in [2.24, 2.45) is 0 Å². The van der Waals surface area contributed by atoms with Crippen molar-refractivity contribution < 1.29 is 24.5 Å². The highest BCUT2D eigenvalue weighted by Gasteiger charge is 2.30. The number of hydrogen-bond acceptors (Lipinski definition) is 5. The Morgan fingerprint density at radius 1 is 1.44 bits per heavy atom. The lowest BCUT2D eigenvalue weighted by atomic mass is 10.1. The minimum atomic E-state index is -0.791. The predicted octanol–water partition coefficient (Wildman–Crippen LogP) is 3.22. The molecule has 0 spiro atoms. The van der Waals surface area contributed by atoms with Crippen molar-refractivity contribution in [1.82, 2.24) is 4.90 Å². The van der Waals surface area contributed by atoms with Gasteiger partial charge in [0.15, 0.2) is 0 Å². The Hall–Kier alpha value is -1.70. The van der Waals surface area contributed by atoms with Gasteiger partial charge in [-0.2, -0.15) is 11.8 Å². The normalized spacial score (nSPS) is 18.1. The monoisotopic (exact) mass is 413 g/mol. The SMILES string of the molecule is O=C(O)CCCSCCN1C(=O)OC[C@@H]1/C=C/[C@@H](O)Cc1cccc(Cl)c1. The summed E-state index contributed by atoms with van der Waals surface area (Å²) in [6.45, 7) is 0.791. The maximum Gasteiger partial charge on any atom is 0.410 e. The molecule has 148 valence electrons. The number of aliphatic carboxylic acids is 1. The fourth-order valence-electron chi connectivity index (χ4n) is 2.70. The zero-order valence-corrected chi connectivity index (χ0v) is 16.5. The van der Waals surface area contributed by atoms with Gasteiger partial charge in [0, 0.05) is 30.2 Å². The Morgan fingerprint density at radius 3 is 3.00 bits per heavy atom. The molecule has 2 N–H and O–H groups in total. The minimum Gasteiger partial charge on any atom is -0.481 e. The molecule has 1 aliphatic heterocycles. The second kappa shape index (κ2) is 11.2. The summed E-state index contributed by atoms with van der Waals surface area (Å²) >= 11 is 7.56. The van der Waals surface area contributed by atoms with E-state index in [0.717, 1.165) is 11.3 Å². The van der Waals surface area contributed by atoms with Crippen LogP contribution in [0.2, 0.25) is 5.02 Å². The number of carboxylic acid groups (broad SMARTS) is 1. The Labute approximate surface area is 168 Å². The number of cyclic esters (lactones) is 1. The van der Waals surface area contributed by atoms with Crippen LogP contribution in [0.15, 0.2) is 36.4 Å². The number of halogens is 1. The number of rotatable bonds is 11. The molecular formula is C19H24ClNO5S. The van der Waals surface area contributed by atoms with E-state index in [0.29, 0.717) is 30.2 Å². The molecule has 2 atom stereocenters. The van der Waals surface area contributed by atoms with Gasteiger partial charge in [0.05, 0.1) is 12.1 Å². The van der Waals surface area contributed by atoms with Crippen molar-refractivity contribution in [2.75, 3.05) is 24.7 Å². The van der Waals surface area contributed by atoms with Crippen LogP contribution in [-0.2, 0) is 16.0 Å². The van der Waals surface area contributed by atoms with E-state index >= 15 is 0 Å². The van der Waals surface area contributed by atoms with E-state index in [1.165, 1.54) is 0 Å². The van der Waals surface area contributed by atoms with Crippen molar-refractivity contribution in [3.8, 4) is 0 Å². The van der Waals surface area contributed by atoms with Crippen molar-refractivity contribution in [2.45, 2.75) is 31.4 Å². The smallest absolute Gasteiger partial charge is 0.410 e. The van der Waals surface area contributed by atoms with Crippen LogP contribution in [0.25, 0.3) is 0 Å². The number of thioether (sulfide) groups is 1. The highest BCUT2D eigenvalue weighted by Crippen LogP contribution is 2.17. The first kappa shape index (κ1) is 21.6. The molecular weight excluding hydrogens is 390 g/mol. The third-order valence-corrected chi connectivity index (χ3v) is 5.34. The Bertz CT molecular complexity index is 669. The first-order valence-electron chi connectivity index (χ1n) is 8.79. The highest BCUT2D eigenvalue weighted by atomic mass is 35.5. The van der Waals surface area contributed by atoms with Gasteiger partial charge in [-0.15, -0.1) is 0 Å². The summed E-state index contributed by atoms with van der Waals surface area (Å²) in [7, 11) is 0. The number of carbonyl (C=O) groups is 2. The lowest BCUT2D eigenvalue weighted by Gasteiger charge is -2.18. The summed E-state index contributed by atoms with van der Waals surface area (Å²) < 4.78 is 5.10. The van der Waals surface area contributed by atoms with Crippen LogP contribution in [0.5, 0.6) is 0 Å². The third-order valence-electron chi connectivity index (χ3n) is 4.06. The number of aliphatic hydroxyl groups is 1. The number of carboxylic acids is 1. The molecule has 8 heteroatoms. The molecule has 2 rings (SSSR count). The fourth-order valence-corrected chi connectivity index (χ4v) is 3.79. The van der Waals surface area contributed by atoms with Gasteiger partial charge in [0.2, 0.25) is 0 Å². The van der Waals surface area contributed by atoms with Crippen molar-refractivity contribution in [3.05, 3.63) is 47.0 Å². The molecule has 1 heterocycles. The largest absolute Gasteiger partial charge is 0.481 e. The Morgan fingerprint density at radius 2 is 2.26 bits per heavy atom. The lowest BCUT2D eigenvalue weighted by molar-refractivity contribution is -0.137. The molecule has 1 aromatic rings. The van der Waals surface area contributed by atoms with E-state index in [1.807, 2.05) is 18.2 Å². The predicted molar refractivity (Wildman–Crippen MR) is 106 cm³/mol. The maximum absolute atomic E-state index is 11.9. The van der Waals surface area contributed by atoms with Gasteiger partial charge in [-0.1, -0.05) is 35.9 Å². The van der Waals surface area contributed by atoms with E-state index in [4.69, 9.17) is 21.4 Å². The molecule has 1 aliphatic rings. The van der Waals surface area contributed by atoms with Crippen LogP contribution in [-0.4, -0.2) is 64.0 Å². The molecule has 0 saturated carbocycles. The molecule has 0 radical (unpaired) electrons. The summed E-state index contributed by atoms with van der Waals surface area (Å²) in [4.78, 5) is 24.0. The summed E-state index contributed by atoms with van der Waals surface area (Å²) in [5.74, 6) is 0.665. The average molecular weight is 414 g/mol. The number of hydrogen-bond donors (Lipinski definition) is 2. The maximum atomic E-state index is 11.9. The van der Waals surface area contributed by atoms with E-state index in [2.05, 4.69) is 0 Å². The molecule has 1 aromatic carbocycles. The van der Waals surface area contributed by atoms with Gasteiger partial charge < -0.3 is 14.9 Å². The van der Waals surface area contributed by atoms with Gasteiger partial charge in [-0.3, -0.25) is 9.69 Å². The third kappa shape index (κ3) is 7.82. The molecule has 6 nitrogen and oxygen atoms in total. The number of nitrogens with zero attached hydrogens (tertiary/aromatic N) is 1. The van der Waals surface area contributed by atoms with Crippen LogP contribution in [0.3, 0.4) is 0 Å². The standard InChI is InChI=1S/C19H24ClNO5S/c20-15-4-1-3-14(11-15)12-17(22)7-6-16-13-26-19(25)21(16)8-10-27-9-2-5-18(23)24/h1,3-4,6-7,11,16-17,22H,2,5,8-10,12-13H2,(H,23,24)/b7-6+/t16-,17+/m0/s1. The lowest BCUT2D eigenvalue weighted by Crippen LogP contribution is -2.34. The van der Waals surface area contributed by atoms with E-state index in [1.54, 1.807) is 34.9 Å². The van der Waals surface area contributed by atoms with Crippen LogP contribution in [0.1, 0.15) is 18.4 Å². The van der Waals surface area contributed by atoms with Crippen molar-refractivity contribution in [3.63, 3.8) is 0 Å². The zero-order valence-electron chi connectivity index (χ0n) is 14.9. The van der Waals surface area contributed by atoms with Crippen LogP contribution < -0.4 is 0 Å². The number of benzene rings is 1. The van der Waals surface area contributed by atoms with Crippen molar-refractivity contribution >= 4 is 35.4 Å². The van der Waals surface area contributed by atoms with Crippen LogP contribution in [0.4, 0.5) is 4.79 Å². The number of aliphatic hydroxyl groups excluding tert-OH is 1. The molecule has 1 saturated heterocycles. The first-order chi connectivity index (χ1) is 13.0. The molecule has 27 heavy (non-hydrogen) atoms. The van der Waals surface area contributed by atoms with Gasteiger partial charge in [0.25, 0.3) is 0 Å². The van der Waals surface area contributed by atoms with Crippen LogP contribution in [0, 0.1) is 0 Å². The van der Waals surface area contributed by atoms with Gasteiger partial charge in [-0.25, -0.2) is 4.79 Å². The van der Waals surface area contributed by atoms with E-state index < -0.39 is 12.1 Å². The summed E-state index contributed by atoms with van der Waals surface area (Å²) in [5, 5.41) is 19.4. The first-order valence-corrected chi connectivity index (χ1v) is 10.3. The molecule has 0 aromatic heterocycles.